The molecule has 1 fully saturated rings. The number of aromatic nitrogens is 4. The number of rotatable bonds is 6. The normalized spacial score (nSPS) is 15.4. The van der Waals surface area contributed by atoms with Gasteiger partial charge in [0.1, 0.15) is 5.60 Å². The van der Waals surface area contributed by atoms with Crippen molar-refractivity contribution in [1.82, 2.24) is 25.1 Å². The second kappa shape index (κ2) is 8.98. The maximum absolute atomic E-state index is 12.8. The fourth-order valence-corrected chi connectivity index (χ4v) is 4.36. The van der Waals surface area contributed by atoms with Crippen LogP contribution in [0, 0.1) is 5.92 Å². The van der Waals surface area contributed by atoms with E-state index in [0.29, 0.717) is 18.9 Å². The third-order valence-corrected chi connectivity index (χ3v) is 6.11. The summed E-state index contributed by atoms with van der Waals surface area (Å²) in [4.78, 5) is 16.2. The van der Waals surface area contributed by atoms with Crippen LogP contribution in [0.25, 0.3) is 0 Å². The maximum atomic E-state index is 12.8. The van der Waals surface area contributed by atoms with E-state index in [0.717, 1.165) is 24.0 Å². The van der Waals surface area contributed by atoms with E-state index in [2.05, 4.69) is 15.4 Å². The molecule has 0 bridgehead atoms. The third-order valence-electron chi connectivity index (χ3n) is 6.11. The molecule has 1 aliphatic rings. The highest BCUT2D eigenvalue weighted by Gasteiger charge is 2.42. The molecule has 2 aromatic carbocycles. The number of hydrogen-bond acceptors (Lipinski definition) is 5. The fraction of sp³-hybridized carbons (Fsp3) is 0.417. The summed E-state index contributed by atoms with van der Waals surface area (Å²) >= 11 is 0. The van der Waals surface area contributed by atoms with E-state index in [-0.39, 0.29) is 24.3 Å². The van der Waals surface area contributed by atoms with Crippen molar-refractivity contribution >= 4 is 5.91 Å². The molecule has 1 N–H and O–H groups in total. The van der Waals surface area contributed by atoms with Gasteiger partial charge in [-0.15, -0.1) is 10.2 Å². The lowest BCUT2D eigenvalue weighted by Crippen LogP contribution is -2.46. The first-order valence-electron chi connectivity index (χ1n) is 10.9. The van der Waals surface area contributed by atoms with Crippen LogP contribution >= 0.6 is 0 Å². The zero-order chi connectivity index (χ0) is 21.8. The number of amides is 1. The van der Waals surface area contributed by atoms with Crippen molar-refractivity contribution in [1.29, 1.82) is 0 Å². The van der Waals surface area contributed by atoms with Gasteiger partial charge in [-0.3, -0.25) is 4.79 Å². The summed E-state index contributed by atoms with van der Waals surface area (Å²) < 4.78 is 0. The number of carbonyl (C=O) groups is 1. The van der Waals surface area contributed by atoms with E-state index in [9.17, 15) is 9.90 Å². The SMILES string of the molecule is CC(C)n1nnc(CC(=O)N2CCC(C(O)(c3ccccc3)c3ccccc3)CC2)n1. The summed E-state index contributed by atoms with van der Waals surface area (Å²) in [5.74, 6) is 0.469. The standard InChI is InChI=1S/C24H29N5O2/c1-18(2)29-26-22(25-27-29)17-23(30)28-15-13-21(14-16-28)24(31,19-9-5-3-6-10-19)20-11-7-4-8-12-20/h3-12,18,21,31H,13-17H2,1-2H3. The van der Waals surface area contributed by atoms with E-state index < -0.39 is 5.60 Å². The lowest BCUT2D eigenvalue weighted by molar-refractivity contribution is -0.133. The molecule has 1 amide bonds. The molecule has 31 heavy (non-hydrogen) atoms. The maximum Gasteiger partial charge on any atom is 0.230 e. The topological polar surface area (TPSA) is 84.1 Å². The second-order valence-electron chi connectivity index (χ2n) is 8.45. The van der Waals surface area contributed by atoms with Crippen molar-refractivity contribution in [3.63, 3.8) is 0 Å². The van der Waals surface area contributed by atoms with Crippen LogP contribution < -0.4 is 0 Å². The van der Waals surface area contributed by atoms with E-state index in [1.165, 1.54) is 4.80 Å². The van der Waals surface area contributed by atoms with E-state index in [1.54, 1.807) is 0 Å². The molecule has 3 aromatic rings. The van der Waals surface area contributed by atoms with Gasteiger partial charge in [0.05, 0.1) is 12.5 Å². The Morgan fingerprint density at radius 1 is 1.03 bits per heavy atom. The van der Waals surface area contributed by atoms with Crippen LogP contribution in [0.5, 0.6) is 0 Å². The van der Waals surface area contributed by atoms with Crippen molar-refractivity contribution in [2.75, 3.05) is 13.1 Å². The molecule has 0 spiro atoms. The van der Waals surface area contributed by atoms with Gasteiger partial charge in [0.25, 0.3) is 0 Å². The predicted octanol–water partition coefficient (Wildman–Crippen LogP) is 2.97. The molecule has 1 saturated heterocycles. The predicted molar refractivity (Wildman–Crippen MR) is 117 cm³/mol. The van der Waals surface area contributed by atoms with Crippen LogP contribution in [-0.2, 0) is 16.8 Å². The Kier molecular flexibility index (Phi) is 6.13. The van der Waals surface area contributed by atoms with Gasteiger partial charge in [-0.25, -0.2) is 0 Å². The number of piperidine rings is 1. The highest BCUT2D eigenvalue weighted by atomic mass is 16.3. The third kappa shape index (κ3) is 4.37. The van der Waals surface area contributed by atoms with Crippen LogP contribution in [0.4, 0.5) is 0 Å². The quantitative estimate of drug-likeness (QED) is 0.664. The number of aliphatic hydroxyl groups is 1. The molecule has 0 unspecified atom stereocenters. The lowest BCUT2D eigenvalue weighted by Gasteiger charge is -2.42. The van der Waals surface area contributed by atoms with Crippen molar-refractivity contribution < 1.29 is 9.90 Å². The summed E-state index contributed by atoms with van der Waals surface area (Å²) in [6.45, 7) is 5.14. The summed E-state index contributed by atoms with van der Waals surface area (Å²) in [5, 5.41) is 24.2. The minimum atomic E-state index is -1.08. The minimum absolute atomic E-state index is 0.00437. The average Bonchev–Trinajstić information content (AvgIpc) is 3.29. The molecule has 0 atom stereocenters. The van der Waals surface area contributed by atoms with E-state index in [4.69, 9.17) is 0 Å². The molecular formula is C24H29N5O2. The molecular weight excluding hydrogens is 390 g/mol. The highest BCUT2D eigenvalue weighted by molar-refractivity contribution is 5.78. The van der Waals surface area contributed by atoms with Gasteiger partial charge in [-0.05, 0) is 48.9 Å². The Balaban J connectivity index is 1.47. The smallest absolute Gasteiger partial charge is 0.230 e. The zero-order valence-corrected chi connectivity index (χ0v) is 18.1. The van der Waals surface area contributed by atoms with Crippen LogP contribution in [0.15, 0.2) is 60.7 Å². The van der Waals surface area contributed by atoms with E-state index >= 15 is 0 Å². The van der Waals surface area contributed by atoms with Gasteiger partial charge < -0.3 is 10.0 Å². The number of hydrogen-bond donors (Lipinski definition) is 1. The lowest BCUT2D eigenvalue weighted by atomic mass is 9.72. The molecule has 1 aliphatic heterocycles. The van der Waals surface area contributed by atoms with E-state index in [1.807, 2.05) is 79.4 Å². The Morgan fingerprint density at radius 3 is 2.06 bits per heavy atom. The largest absolute Gasteiger partial charge is 0.380 e. The van der Waals surface area contributed by atoms with Crippen LogP contribution in [0.3, 0.4) is 0 Å². The first-order chi connectivity index (χ1) is 15.0. The first kappa shape index (κ1) is 21.2. The molecule has 7 heteroatoms. The summed E-state index contributed by atoms with van der Waals surface area (Å²) in [7, 11) is 0. The highest BCUT2D eigenvalue weighted by Crippen LogP contribution is 2.41. The zero-order valence-electron chi connectivity index (χ0n) is 18.1. The molecule has 1 aromatic heterocycles. The average molecular weight is 420 g/mol. The molecule has 7 nitrogen and oxygen atoms in total. The summed E-state index contributed by atoms with van der Waals surface area (Å²) in [6.07, 6.45) is 1.59. The summed E-state index contributed by atoms with van der Waals surface area (Å²) in [5.41, 5.74) is 0.695. The number of benzene rings is 2. The molecule has 0 radical (unpaired) electrons. The Labute approximate surface area is 182 Å². The summed E-state index contributed by atoms with van der Waals surface area (Å²) in [6, 6.07) is 19.8. The molecule has 0 aliphatic carbocycles. The first-order valence-corrected chi connectivity index (χ1v) is 10.9. The van der Waals surface area contributed by atoms with Crippen molar-refractivity contribution in [3.8, 4) is 0 Å². The monoisotopic (exact) mass is 419 g/mol. The fourth-order valence-electron chi connectivity index (χ4n) is 4.36. The number of likely N-dealkylation sites (tertiary alicyclic amines) is 1. The number of tetrazole rings is 1. The number of carbonyl (C=O) groups excluding carboxylic acids is 1. The van der Waals surface area contributed by atoms with Gasteiger partial charge in [0.2, 0.25) is 5.91 Å². The van der Waals surface area contributed by atoms with Gasteiger partial charge in [0.15, 0.2) is 5.82 Å². The van der Waals surface area contributed by atoms with Gasteiger partial charge in [-0.1, -0.05) is 60.7 Å². The second-order valence-corrected chi connectivity index (χ2v) is 8.45. The van der Waals surface area contributed by atoms with Gasteiger partial charge in [0, 0.05) is 13.1 Å². The van der Waals surface area contributed by atoms with Crippen LogP contribution in [0.1, 0.15) is 49.7 Å². The Hall–Kier alpha value is -3.06. The minimum Gasteiger partial charge on any atom is -0.380 e. The Morgan fingerprint density at radius 2 is 1.58 bits per heavy atom. The molecule has 162 valence electrons. The number of nitrogens with zero attached hydrogens (tertiary/aromatic N) is 5. The van der Waals surface area contributed by atoms with Crippen molar-refractivity contribution in [2.45, 2.75) is 44.8 Å². The van der Waals surface area contributed by atoms with Crippen molar-refractivity contribution in [2.24, 2.45) is 5.92 Å². The van der Waals surface area contributed by atoms with Gasteiger partial charge in [-0.2, -0.15) is 4.80 Å². The molecule has 2 heterocycles. The van der Waals surface area contributed by atoms with Gasteiger partial charge >= 0.3 is 0 Å². The van der Waals surface area contributed by atoms with Crippen LogP contribution in [0.2, 0.25) is 0 Å². The Bertz CT molecular complexity index is 956. The van der Waals surface area contributed by atoms with Crippen molar-refractivity contribution in [3.05, 3.63) is 77.6 Å². The van der Waals surface area contributed by atoms with Crippen LogP contribution in [-0.4, -0.2) is 49.2 Å². The molecule has 4 rings (SSSR count). The molecule has 0 saturated carbocycles.